The molecule has 1 saturated heterocycles. The molecule has 4 rings (SSSR count). The minimum absolute atomic E-state index is 0.147. The fraction of sp³-hybridized carbons (Fsp3) is 0.250. The van der Waals surface area contributed by atoms with Crippen LogP contribution in [0.15, 0.2) is 58.9 Å². The highest BCUT2D eigenvalue weighted by molar-refractivity contribution is 8.16. The molecular weight excluding hydrogens is 427 g/mol. The fourth-order valence-electron chi connectivity index (χ4n) is 2.68. The van der Waals surface area contributed by atoms with Gasteiger partial charge in [0.15, 0.2) is 4.34 Å². The monoisotopic (exact) mass is 445 g/mol. The van der Waals surface area contributed by atoms with Crippen LogP contribution in [0, 0.1) is 0 Å². The van der Waals surface area contributed by atoms with Crippen LogP contribution in [0.3, 0.4) is 0 Å². The molecule has 0 spiro atoms. The lowest BCUT2D eigenvalue weighted by molar-refractivity contribution is 0.102. The Hall–Kier alpha value is -1.48. The van der Waals surface area contributed by atoms with Gasteiger partial charge in [-0.1, -0.05) is 65.6 Å². The van der Waals surface area contributed by atoms with Crippen LogP contribution in [0.2, 0.25) is 0 Å². The molecule has 0 aliphatic carbocycles. The molecule has 0 bridgehead atoms. The maximum Gasteiger partial charge on any atom is 0.257 e. The van der Waals surface area contributed by atoms with Gasteiger partial charge in [-0.2, -0.15) is 0 Å². The van der Waals surface area contributed by atoms with Gasteiger partial charge in [-0.25, -0.2) is 0 Å². The third-order valence-electron chi connectivity index (χ3n) is 4.10. The van der Waals surface area contributed by atoms with Crippen LogP contribution >= 0.6 is 46.6 Å². The highest BCUT2D eigenvalue weighted by Gasteiger charge is 2.17. The minimum atomic E-state index is -0.147. The van der Waals surface area contributed by atoms with Crippen LogP contribution in [0.1, 0.15) is 32.5 Å². The van der Waals surface area contributed by atoms with Crippen LogP contribution in [0.25, 0.3) is 0 Å². The molecule has 0 unspecified atom stereocenters. The van der Waals surface area contributed by atoms with Gasteiger partial charge in [-0.15, -0.1) is 33.7 Å². The predicted octanol–water partition coefficient (Wildman–Crippen LogP) is 5.95. The second kappa shape index (κ2) is 9.82. The van der Waals surface area contributed by atoms with Crippen molar-refractivity contribution in [2.75, 3.05) is 16.8 Å². The Labute approximate surface area is 181 Å². The fourth-order valence-corrected chi connectivity index (χ4v) is 7.28. The molecule has 3 aromatic rings. The molecular formula is C20H19N3OS4. The molecule has 1 amide bonds. The summed E-state index contributed by atoms with van der Waals surface area (Å²) in [5.41, 5.74) is 3.16. The van der Waals surface area contributed by atoms with Crippen LogP contribution < -0.4 is 5.32 Å². The van der Waals surface area contributed by atoms with E-state index in [1.165, 1.54) is 40.4 Å². The number of nitrogens with zero attached hydrogens (tertiary/aromatic N) is 2. The largest absolute Gasteiger partial charge is 0.296 e. The Morgan fingerprint density at radius 2 is 1.79 bits per heavy atom. The van der Waals surface area contributed by atoms with Crippen molar-refractivity contribution in [1.82, 2.24) is 10.2 Å². The van der Waals surface area contributed by atoms with E-state index in [-0.39, 0.29) is 5.91 Å². The number of carbonyl (C=O) groups excluding carboxylic acids is 1. The summed E-state index contributed by atoms with van der Waals surface area (Å²) in [6.45, 7) is 0. The summed E-state index contributed by atoms with van der Waals surface area (Å²) in [5.74, 6) is 3.11. The maximum absolute atomic E-state index is 12.5. The van der Waals surface area contributed by atoms with Crippen molar-refractivity contribution < 1.29 is 4.79 Å². The van der Waals surface area contributed by atoms with E-state index in [4.69, 9.17) is 0 Å². The van der Waals surface area contributed by atoms with Gasteiger partial charge in [-0.3, -0.25) is 10.1 Å². The second-order valence-electron chi connectivity index (χ2n) is 6.15. The van der Waals surface area contributed by atoms with Gasteiger partial charge in [0, 0.05) is 11.3 Å². The summed E-state index contributed by atoms with van der Waals surface area (Å²) < 4.78 is 1.33. The first-order chi connectivity index (χ1) is 13.8. The Balaban J connectivity index is 1.32. The number of thioether (sulfide) groups is 3. The zero-order valence-corrected chi connectivity index (χ0v) is 18.3. The predicted molar refractivity (Wildman–Crippen MR) is 123 cm³/mol. The SMILES string of the molecule is O=C(Nc1nnc(SCc2ccccc2)s1)c1ccc(C2SCCCS2)cc1. The zero-order valence-electron chi connectivity index (χ0n) is 15.0. The molecule has 8 heteroatoms. The van der Waals surface area contributed by atoms with E-state index in [1.54, 1.807) is 11.8 Å². The van der Waals surface area contributed by atoms with Gasteiger partial charge in [0.25, 0.3) is 5.91 Å². The van der Waals surface area contributed by atoms with Crippen LogP contribution in [0.5, 0.6) is 0 Å². The molecule has 0 saturated carbocycles. The molecule has 0 atom stereocenters. The summed E-state index contributed by atoms with van der Waals surface area (Å²) in [7, 11) is 0. The first-order valence-electron chi connectivity index (χ1n) is 8.93. The number of nitrogens with one attached hydrogen (secondary N) is 1. The van der Waals surface area contributed by atoms with Crippen LogP contribution in [-0.2, 0) is 5.75 Å². The van der Waals surface area contributed by atoms with E-state index in [2.05, 4.69) is 39.8 Å². The maximum atomic E-state index is 12.5. The van der Waals surface area contributed by atoms with Crippen LogP contribution in [-0.4, -0.2) is 27.6 Å². The second-order valence-corrected chi connectivity index (χ2v) is 11.1. The lowest BCUT2D eigenvalue weighted by atomic mass is 10.1. The third kappa shape index (κ3) is 5.31. The Kier molecular flexibility index (Phi) is 6.95. The summed E-state index contributed by atoms with van der Waals surface area (Å²) >= 11 is 6.99. The van der Waals surface area contributed by atoms with Gasteiger partial charge < -0.3 is 0 Å². The van der Waals surface area contributed by atoms with Crippen molar-refractivity contribution in [1.29, 1.82) is 0 Å². The van der Waals surface area contributed by atoms with Gasteiger partial charge in [0.2, 0.25) is 5.13 Å². The molecule has 2 aromatic carbocycles. The lowest BCUT2D eigenvalue weighted by Crippen LogP contribution is -2.11. The molecule has 1 N–H and O–H groups in total. The first kappa shape index (κ1) is 19.8. The first-order valence-corrected chi connectivity index (χ1v) is 12.8. The van der Waals surface area contributed by atoms with Gasteiger partial charge in [-0.05, 0) is 41.2 Å². The average molecular weight is 446 g/mol. The van der Waals surface area contributed by atoms with Crippen molar-refractivity contribution in [3.05, 3.63) is 71.3 Å². The van der Waals surface area contributed by atoms with Crippen LogP contribution in [0.4, 0.5) is 5.13 Å². The average Bonchev–Trinajstić information content (AvgIpc) is 3.21. The van der Waals surface area contributed by atoms with E-state index in [0.29, 0.717) is 15.3 Å². The molecule has 28 heavy (non-hydrogen) atoms. The number of hydrogen-bond acceptors (Lipinski definition) is 7. The molecule has 1 aromatic heterocycles. The molecule has 0 radical (unpaired) electrons. The number of carbonyl (C=O) groups is 1. The lowest BCUT2D eigenvalue weighted by Gasteiger charge is -2.21. The van der Waals surface area contributed by atoms with E-state index in [1.807, 2.05) is 53.9 Å². The quantitative estimate of drug-likeness (QED) is 0.374. The highest BCUT2D eigenvalue weighted by atomic mass is 32.2. The molecule has 1 fully saturated rings. The minimum Gasteiger partial charge on any atom is -0.296 e. The molecule has 144 valence electrons. The molecule has 1 aliphatic rings. The van der Waals surface area contributed by atoms with Gasteiger partial charge in [0.1, 0.15) is 0 Å². The topological polar surface area (TPSA) is 54.9 Å². The summed E-state index contributed by atoms with van der Waals surface area (Å²) in [6, 6.07) is 18.1. The zero-order chi connectivity index (χ0) is 19.2. The summed E-state index contributed by atoms with van der Waals surface area (Å²) in [4.78, 5) is 12.5. The number of rotatable bonds is 6. The van der Waals surface area contributed by atoms with Crippen molar-refractivity contribution >= 4 is 57.7 Å². The molecule has 1 aliphatic heterocycles. The number of amides is 1. The highest BCUT2D eigenvalue weighted by Crippen LogP contribution is 2.43. The number of hydrogen-bond donors (Lipinski definition) is 1. The van der Waals surface area contributed by atoms with E-state index in [9.17, 15) is 4.79 Å². The van der Waals surface area contributed by atoms with Crippen molar-refractivity contribution in [2.45, 2.75) is 21.1 Å². The number of benzene rings is 2. The van der Waals surface area contributed by atoms with E-state index in [0.717, 1.165) is 10.1 Å². The molecule has 4 nitrogen and oxygen atoms in total. The van der Waals surface area contributed by atoms with E-state index >= 15 is 0 Å². The Morgan fingerprint density at radius 1 is 1.04 bits per heavy atom. The normalized spacial score (nSPS) is 14.7. The number of anilines is 1. The van der Waals surface area contributed by atoms with Crippen molar-refractivity contribution in [2.24, 2.45) is 0 Å². The van der Waals surface area contributed by atoms with Gasteiger partial charge >= 0.3 is 0 Å². The van der Waals surface area contributed by atoms with Gasteiger partial charge in [0.05, 0.1) is 4.58 Å². The molecule has 2 heterocycles. The smallest absolute Gasteiger partial charge is 0.257 e. The third-order valence-corrected chi connectivity index (χ3v) is 9.16. The Morgan fingerprint density at radius 3 is 2.54 bits per heavy atom. The summed E-state index contributed by atoms with van der Waals surface area (Å²) in [5, 5.41) is 11.6. The van der Waals surface area contributed by atoms with Crippen molar-refractivity contribution in [3.8, 4) is 0 Å². The standard InChI is InChI=1S/C20H19N3OS4/c24-17(15-7-9-16(10-8-15)18-25-11-4-12-26-18)21-19-22-23-20(28-19)27-13-14-5-2-1-3-6-14/h1-3,5-10,18H,4,11-13H2,(H,21,22,24). The summed E-state index contributed by atoms with van der Waals surface area (Å²) in [6.07, 6.45) is 1.28. The number of aromatic nitrogens is 2. The van der Waals surface area contributed by atoms with Crippen molar-refractivity contribution in [3.63, 3.8) is 0 Å². The van der Waals surface area contributed by atoms with E-state index < -0.39 is 0 Å². The Bertz CT molecular complexity index is 909.